The van der Waals surface area contributed by atoms with Crippen molar-refractivity contribution in [3.63, 3.8) is 0 Å². The van der Waals surface area contributed by atoms with E-state index in [2.05, 4.69) is 35.3 Å². The molecule has 0 radical (unpaired) electrons. The topological polar surface area (TPSA) is 47.7 Å². The van der Waals surface area contributed by atoms with Gasteiger partial charge in [-0.15, -0.1) is 0 Å². The van der Waals surface area contributed by atoms with E-state index in [0.29, 0.717) is 19.2 Å². The minimum absolute atomic E-state index is 0.0651. The molecule has 2 atom stereocenters. The fourth-order valence-electron chi connectivity index (χ4n) is 3.53. The van der Waals surface area contributed by atoms with Crippen molar-refractivity contribution >= 4 is 11.6 Å². The number of anilines is 1. The van der Waals surface area contributed by atoms with Crippen LogP contribution in [-0.2, 0) is 11.8 Å². The number of hydrogen-bond acceptors (Lipinski definition) is 2. The van der Waals surface area contributed by atoms with Gasteiger partial charge in [-0.05, 0) is 43.3 Å². The largest absolute Gasteiger partial charge is 0.494 e. The molecule has 3 rings (SSSR count). The molecule has 0 saturated carbocycles. The number of carbonyl (C=O) groups is 1. The van der Waals surface area contributed by atoms with Gasteiger partial charge in [-0.25, -0.2) is 0 Å². The quantitative estimate of drug-likeness (QED) is 0.849. The fraction of sp³-hybridized carbons (Fsp3) is 0.421. The maximum absolute atomic E-state index is 12.4. The standard InChI is InChI=1S/C19H25N3O2/c1-3-24-16-10-8-15(9-11-16)20-19(23)14-22-13-5-7-18(22)17-6-4-12-21(17)2/h4,6,8-12,18H,3,5,7,13-14H2,1-2H3,(H,20,23)/p+1/t18-/m1/s1. The van der Waals surface area contributed by atoms with E-state index in [1.165, 1.54) is 17.0 Å². The maximum atomic E-state index is 12.4. The van der Waals surface area contributed by atoms with E-state index >= 15 is 0 Å². The van der Waals surface area contributed by atoms with Gasteiger partial charge < -0.3 is 19.5 Å². The molecule has 2 heterocycles. The molecular weight excluding hydrogens is 302 g/mol. The zero-order chi connectivity index (χ0) is 16.9. The molecule has 2 N–H and O–H groups in total. The second-order valence-electron chi connectivity index (χ2n) is 6.33. The Morgan fingerprint density at radius 3 is 2.79 bits per heavy atom. The van der Waals surface area contributed by atoms with E-state index in [4.69, 9.17) is 4.74 Å². The van der Waals surface area contributed by atoms with Crippen molar-refractivity contribution in [2.24, 2.45) is 7.05 Å². The van der Waals surface area contributed by atoms with Crippen LogP contribution >= 0.6 is 0 Å². The van der Waals surface area contributed by atoms with Crippen LogP contribution in [0.1, 0.15) is 31.5 Å². The third kappa shape index (κ3) is 3.79. The molecule has 1 unspecified atom stereocenters. The van der Waals surface area contributed by atoms with Crippen molar-refractivity contribution in [1.29, 1.82) is 0 Å². The zero-order valence-electron chi connectivity index (χ0n) is 14.4. The average Bonchev–Trinajstić information content (AvgIpc) is 3.18. The predicted molar refractivity (Wildman–Crippen MR) is 94.3 cm³/mol. The summed E-state index contributed by atoms with van der Waals surface area (Å²) in [6.45, 7) is 4.15. The van der Waals surface area contributed by atoms with Crippen molar-refractivity contribution in [3.05, 3.63) is 48.3 Å². The van der Waals surface area contributed by atoms with E-state index in [-0.39, 0.29) is 5.91 Å². The Bertz CT molecular complexity index is 678. The van der Waals surface area contributed by atoms with Gasteiger partial charge in [0.15, 0.2) is 6.54 Å². The van der Waals surface area contributed by atoms with Gasteiger partial charge >= 0.3 is 0 Å². The number of aromatic nitrogens is 1. The third-order valence-electron chi connectivity index (χ3n) is 4.66. The first-order valence-corrected chi connectivity index (χ1v) is 8.66. The molecule has 1 aliphatic heterocycles. The van der Waals surface area contributed by atoms with Crippen LogP contribution in [0.3, 0.4) is 0 Å². The molecule has 2 aromatic rings. The second-order valence-corrected chi connectivity index (χ2v) is 6.33. The lowest BCUT2D eigenvalue weighted by molar-refractivity contribution is -0.910. The molecule has 128 valence electrons. The van der Waals surface area contributed by atoms with Crippen molar-refractivity contribution in [1.82, 2.24) is 4.57 Å². The summed E-state index contributed by atoms with van der Waals surface area (Å²) in [4.78, 5) is 13.8. The molecule has 5 nitrogen and oxygen atoms in total. The highest BCUT2D eigenvalue weighted by molar-refractivity contribution is 5.91. The van der Waals surface area contributed by atoms with Crippen LogP contribution < -0.4 is 15.0 Å². The monoisotopic (exact) mass is 328 g/mol. The van der Waals surface area contributed by atoms with E-state index in [1.54, 1.807) is 0 Å². The Labute approximate surface area is 143 Å². The molecule has 0 spiro atoms. The fourth-order valence-corrected chi connectivity index (χ4v) is 3.53. The summed E-state index contributed by atoms with van der Waals surface area (Å²) in [5, 5.41) is 3.00. The Morgan fingerprint density at radius 1 is 1.33 bits per heavy atom. The summed E-state index contributed by atoms with van der Waals surface area (Å²) in [6, 6.07) is 12.2. The van der Waals surface area contributed by atoms with Gasteiger partial charge in [0.1, 0.15) is 11.8 Å². The number of likely N-dealkylation sites (tertiary alicyclic amines) is 1. The first kappa shape index (κ1) is 16.6. The van der Waals surface area contributed by atoms with E-state index in [1.807, 2.05) is 31.2 Å². The molecule has 1 aliphatic rings. The van der Waals surface area contributed by atoms with Gasteiger partial charge in [-0.1, -0.05) is 0 Å². The summed E-state index contributed by atoms with van der Waals surface area (Å²) in [7, 11) is 2.07. The minimum atomic E-state index is 0.0651. The number of amides is 1. The summed E-state index contributed by atoms with van der Waals surface area (Å²) in [6.07, 6.45) is 4.39. The second kappa shape index (κ2) is 7.53. The number of nitrogens with zero attached hydrogens (tertiary/aromatic N) is 1. The molecule has 24 heavy (non-hydrogen) atoms. The lowest BCUT2D eigenvalue weighted by atomic mass is 10.1. The molecule has 0 bridgehead atoms. The van der Waals surface area contributed by atoms with E-state index < -0.39 is 0 Å². The van der Waals surface area contributed by atoms with Gasteiger partial charge in [0.2, 0.25) is 0 Å². The van der Waals surface area contributed by atoms with Crippen LogP contribution in [0, 0.1) is 0 Å². The number of ether oxygens (including phenoxy) is 1. The highest BCUT2D eigenvalue weighted by Crippen LogP contribution is 2.19. The normalized spacial score (nSPS) is 20.1. The number of aryl methyl sites for hydroxylation is 1. The van der Waals surface area contributed by atoms with Crippen LogP contribution in [-0.4, -0.2) is 30.2 Å². The number of quaternary nitrogens is 1. The lowest BCUT2D eigenvalue weighted by Gasteiger charge is -2.21. The molecule has 5 heteroatoms. The van der Waals surface area contributed by atoms with Gasteiger partial charge in [0.25, 0.3) is 5.91 Å². The number of hydrogen-bond donors (Lipinski definition) is 2. The molecule has 1 amide bonds. The third-order valence-corrected chi connectivity index (χ3v) is 4.66. The average molecular weight is 328 g/mol. The van der Waals surface area contributed by atoms with Crippen LogP contribution in [0.25, 0.3) is 0 Å². The van der Waals surface area contributed by atoms with Gasteiger partial charge in [0, 0.05) is 31.8 Å². The van der Waals surface area contributed by atoms with Crippen molar-refractivity contribution in [3.8, 4) is 5.75 Å². The predicted octanol–water partition coefficient (Wildman–Crippen LogP) is 1.78. The van der Waals surface area contributed by atoms with Crippen LogP contribution in [0.4, 0.5) is 5.69 Å². The summed E-state index contributed by atoms with van der Waals surface area (Å²) in [5.41, 5.74) is 2.13. The molecule has 1 saturated heterocycles. The Hall–Kier alpha value is -2.27. The first-order valence-electron chi connectivity index (χ1n) is 8.66. The molecular formula is C19H26N3O2+. The molecule has 1 aromatic carbocycles. The SMILES string of the molecule is CCOc1ccc(NC(=O)C[NH+]2CCC[C@@H]2c2cccn2C)cc1. The van der Waals surface area contributed by atoms with Crippen LogP contribution in [0.2, 0.25) is 0 Å². The summed E-state index contributed by atoms with van der Waals surface area (Å²) >= 11 is 0. The number of carbonyl (C=O) groups excluding carboxylic acids is 1. The van der Waals surface area contributed by atoms with Crippen molar-refractivity contribution in [2.75, 3.05) is 25.0 Å². The van der Waals surface area contributed by atoms with Crippen LogP contribution in [0.15, 0.2) is 42.6 Å². The molecule has 1 fully saturated rings. The van der Waals surface area contributed by atoms with Gasteiger partial charge in [0.05, 0.1) is 18.8 Å². The molecule has 0 aliphatic carbocycles. The Morgan fingerprint density at radius 2 is 2.12 bits per heavy atom. The van der Waals surface area contributed by atoms with Crippen LogP contribution in [0.5, 0.6) is 5.75 Å². The van der Waals surface area contributed by atoms with Crippen molar-refractivity contribution < 1.29 is 14.4 Å². The van der Waals surface area contributed by atoms with Gasteiger partial charge in [-0.2, -0.15) is 0 Å². The lowest BCUT2D eigenvalue weighted by Crippen LogP contribution is -3.11. The summed E-state index contributed by atoms with van der Waals surface area (Å²) < 4.78 is 7.59. The Kier molecular flexibility index (Phi) is 5.20. The van der Waals surface area contributed by atoms with E-state index in [0.717, 1.165) is 24.4 Å². The smallest absolute Gasteiger partial charge is 0.279 e. The molecule has 1 aromatic heterocycles. The summed E-state index contributed by atoms with van der Waals surface area (Å²) in [5.74, 6) is 0.889. The maximum Gasteiger partial charge on any atom is 0.279 e. The van der Waals surface area contributed by atoms with Gasteiger partial charge in [-0.3, -0.25) is 4.79 Å². The zero-order valence-corrected chi connectivity index (χ0v) is 14.4. The number of nitrogens with one attached hydrogen (secondary N) is 2. The highest BCUT2D eigenvalue weighted by Gasteiger charge is 2.32. The van der Waals surface area contributed by atoms with Crippen molar-refractivity contribution in [2.45, 2.75) is 25.8 Å². The first-order chi connectivity index (χ1) is 11.7. The minimum Gasteiger partial charge on any atom is -0.494 e. The highest BCUT2D eigenvalue weighted by atomic mass is 16.5. The van der Waals surface area contributed by atoms with E-state index in [9.17, 15) is 4.79 Å². The number of rotatable bonds is 6. The Balaban J connectivity index is 1.59. The number of benzene rings is 1.